The lowest BCUT2D eigenvalue weighted by Crippen LogP contribution is -2.45. The van der Waals surface area contributed by atoms with Crippen molar-refractivity contribution in [2.75, 3.05) is 45.1 Å². The number of benzene rings is 1. The van der Waals surface area contributed by atoms with Gasteiger partial charge in [0.15, 0.2) is 0 Å². The summed E-state index contributed by atoms with van der Waals surface area (Å²) >= 11 is 1.66. The van der Waals surface area contributed by atoms with Crippen molar-refractivity contribution in [1.29, 1.82) is 0 Å². The van der Waals surface area contributed by atoms with E-state index in [4.69, 9.17) is 0 Å². The van der Waals surface area contributed by atoms with E-state index < -0.39 is 0 Å². The van der Waals surface area contributed by atoms with Gasteiger partial charge in [0.25, 0.3) is 0 Å². The fourth-order valence-electron chi connectivity index (χ4n) is 3.07. The van der Waals surface area contributed by atoms with Gasteiger partial charge in [0.1, 0.15) is 0 Å². The second kappa shape index (κ2) is 7.47. The lowest BCUT2D eigenvalue weighted by molar-refractivity contribution is 0.155. The van der Waals surface area contributed by atoms with E-state index in [1.807, 2.05) is 17.6 Å². The van der Waals surface area contributed by atoms with Crippen LogP contribution in [0.2, 0.25) is 0 Å². The lowest BCUT2D eigenvalue weighted by atomic mass is 10.1. The first-order valence-corrected chi connectivity index (χ1v) is 9.61. The number of piperazine rings is 1. The topological polar surface area (TPSA) is 44.3 Å². The average molecular weight is 353 g/mol. The smallest absolute Gasteiger partial charge is 0.227 e. The van der Waals surface area contributed by atoms with Gasteiger partial charge >= 0.3 is 0 Å². The van der Waals surface area contributed by atoms with Gasteiger partial charge in [-0.3, -0.25) is 0 Å². The Bertz CT molecular complexity index is 821. The van der Waals surface area contributed by atoms with E-state index in [0.29, 0.717) is 5.95 Å². The molecule has 0 saturated carbocycles. The van der Waals surface area contributed by atoms with E-state index in [1.54, 1.807) is 11.3 Å². The van der Waals surface area contributed by atoms with Gasteiger partial charge < -0.3 is 15.1 Å². The molecule has 0 aliphatic carbocycles. The minimum absolute atomic E-state index is 0.649. The molecule has 0 radical (unpaired) electrons. The second-order valence-corrected chi connectivity index (χ2v) is 7.53. The van der Waals surface area contributed by atoms with E-state index >= 15 is 0 Å². The van der Waals surface area contributed by atoms with E-state index in [0.717, 1.165) is 28.9 Å². The van der Waals surface area contributed by atoms with Crippen molar-refractivity contribution in [2.45, 2.75) is 6.42 Å². The van der Waals surface area contributed by atoms with Crippen LogP contribution in [0, 0.1) is 0 Å². The van der Waals surface area contributed by atoms with Crippen molar-refractivity contribution < 1.29 is 0 Å². The summed E-state index contributed by atoms with van der Waals surface area (Å²) in [6.45, 7) is 5.85. The molecule has 130 valence electrons. The number of rotatable bonds is 5. The van der Waals surface area contributed by atoms with E-state index in [2.05, 4.69) is 56.4 Å². The highest BCUT2D eigenvalue weighted by Crippen LogP contribution is 2.20. The number of anilines is 2. The van der Waals surface area contributed by atoms with Crippen molar-refractivity contribution in [3.8, 4) is 0 Å². The first-order chi connectivity index (χ1) is 12.3. The molecule has 0 bridgehead atoms. The van der Waals surface area contributed by atoms with Gasteiger partial charge in [0, 0.05) is 38.4 Å². The number of aromatic nitrogens is 2. The zero-order valence-electron chi connectivity index (χ0n) is 14.5. The standard InChI is InChI=1S/C19H23N5S/c1-23-9-11-24(12-10-23)8-6-15-2-4-16(5-3-15)21-19-20-14-18-17(22-19)7-13-25-18/h2-5,7,13-14H,6,8-12H2,1H3,(H,20,21,22). The number of likely N-dealkylation sites (N-methyl/N-ethyl adjacent to an activating group) is 1. The molecular weight excluding hydrogens is 330 g/mol. The van der Waals surface area contributed by atoms with Gasteiger partial charge in [-0.05, 0) is 42.6 Å². The summed E-state index contributed by atoms with van der Waals surface area (Å²) in [5.74, 6) is 0.649. The Morgan fingerprint density at radius 2 is 1.88 bits per heavy atom. The number of nitrogens with one attached hydrogen (secondary N) is 1. The SMILES string of the molecule is CN1CCN(CCc2ccc(Nc3ncc4sccc4n3)cc2)CC1. The van der Waals surface area contributed by atoms with Crippen LogP contribution in [0.4, 0.5) is 11.6 Å². The molecule has 25 heavy (non-hydrogen) atoms. The van der Waals surface area contributed by atoms with Crippen LogP contribution in [0.1, 0.15) is 5.56 Å². The minimum Gasteiger partial charge on any atom is -0.324 e. The third-order valence-electron chi connectivity index (χ3n) is 4.73. The van der Waals surface area contributed by atoms with E-state index in [-0.39, 0.29) is 0 Å². The van der Waals surface area contributed by atoms with Crippen molar-refractivity contribution >= 4 is 33.2 Å². The molecule has 0 amide bonds. The largest absolute Gasteiger partial charge is 0.324 e. The summed E-state index contributed by atoms with van der Waals surface area (Å²) in [6.07, 6.45) is 2.97. The van der Waals surface area contributed by atoms with Crippen molar-refractivity contribution in [3.05, 3.63) is 47.5 Å². The lowest BCUT2D eigenvalue weighted by Gasteiger charge is -2.32. The second-order valence-electron chi connectivity index (χ2n) is 6.58. The van der Waals surface area contributed by atoms with E-state index in [1.165, 1.54) is 31.7 Å². The van der Waals surface area contributed by atoms with Gasteiger partial charge in [-0.15, -0.1) is 11.3 Å². The average Bonchev–Trinajstić information content (AvgIpc) is 3.10. The summed E-state index contributed by atoms with van der Waals surface area (Å²) in [5.41, 5.74) is 3.39. The van der Waals surface area contributed by atoms with Crippen LogP contribution in [0.25, 0.3) is 10.2 Å². The Labute approximate surface area is 152 Å². The molecule has 1 aromatic carbocycles. The predicted octanol–water partition coefficient (Wildman–Crippen LogP) is 3.22. The Balaban J connectivity index is 1.33. The third-order valence-corrected chi connectivity index (χ3v) is 5.57. The Morgan fingerprint density at radius 3 is 2.68 bits per heavy atom. The Morgan fingerprint density at radius 1 is 1.08 bits per heavy atom. The summed E-state index contributed by atoms with van der Waals surface area (Å²) < 4.78 is 1.12. The van der Waals surface area contributed by atoms with E-state index in [9.17, 15) is 0 Å². The molecule has 3 heterocycles. The third kappa shape index (κ3) is 4.15. The highest BCUT2D eigenvalue weighted by Gasteiger charge is 2.13. The molecule has 1 aliphatic heterocycles. The summed E-state index contributed by atoms with van der Waals surface area (Å²) in [6, 6.07) is 10.6. The molecule has 4 rings (SSSR count). The zero-order chi connectivity index (χ0) is 17.1. The molecule has 3 aromatic rings. The molecule has 1 saturated heterocycles. The minimum atomic E-state index is 0.649. The number of nitrogens with zero attached hydrogens (tertiary/aromatic N) is 4. The molecule has 2 aromatic heterocycles. The van der Waals surface area contributed by atoms with Crippen LogP contribution in [0.15, 0.2) is 41.9 Å². The van der Waals surface area contributed by atoms with Crippen molar-refractivity contribution in [3.63, 3.8) is 0 Å². The zero-order valence-corrected chi connectivity index (χ0v) is 15.3. The quantitative estimate of drug-likeness (QED) is 0.763. The monoisotopic (exact) mass is 353 g/mol. The first-order valence-electron chi connectivity index (χ1n) is 8.73. The molecule has 1 aliphatic rings. The van der Waals surface area contributed by atoms with Crippen LogP contribution in [0.3, 0.4) is 0 Å². The maximum atomic E-state index is 4.53. The fourth-order valence-corrected chi connectivity index (χ4v) is 3.76. The fraction of sp³-hybridized carbons (Fsp3) is 0.368. The molecule has 5 nitrogen and oxygen atoms in total. The van der Waals surface area contributed by atoms with Crippen LogP contribution in [-0.2, 0) is 6.42 Å². The number of thiophene rings is 1. The first kappa shape index (κ1) is 16.4. The molecular formula is C19H23N5S. The molecule has 1 fully saturated rings. The maximum Gasteiger partial charge on any atom is 0.227 e. The van der Waals surface area contributed by atoms with Crippen LogP contribution in [0.5, 0.6) is 0 Å². The molecule has 0 unspecified atom stereocenters. The number of fused-ring (bicyclic) bond motifs is 1. The number of hydrogen-bond donors (Lipinski definition) is 1. The number of hydrogen-bond acceptors (Lipinski definition) is 6. The normalized spacial score (nSPS) is 16.4. The Hall–Kier alpha value is -2.02. The summed E-state index contributed by atoms with van der Waals surface area (Å²) in [4.78, 5) is 13.9. The highest BCUT2D eigenvalue weighted by atomic mass is 32.1. The molecule has 0 spiro atoms. The molecule has 6 heteroatoms. The highest BCUT2D eigenvalue weighted by molar-refractivity contribution is 7.17. The van der Waals surface area contributed by atoms with Crippen LogP contribution in [-0.4, -0.2) is 59.5 Å². The molecule has 0 atom stereocenters. The molecule has 1 N–H and O–H groups in total. The van der Waals surface area contributed by atoms with Crippen LogP contribution < -0.4 is 5.32 Å². The van der Waals surface area contributed by atoms with Crippen molar-refractivity contribution in [1.82, 2.24) is 19.8 Å². The van der Waals surface area contributed by atoms with Gasteiger partial charge in [-0.25, -0.2) is 9.97 Å². The van der Waals surface area contributed by atoms with Crippen LogP contribution >= 0.6 is 11.3 Å². The predicted molar refractivity (Wildman–Crippen MR) is 105 cm³/mol. The van der Waals surface area contributed by atoms with Gasteiger partial charge in [-0.1, -0.05) is 12.1 Å². The van der Waals surface area contributed by atoms with Gasteiger partial charge in [-0.2, -0.15) is 0 Å². The maximum absolute atomic E-state index is 4.53. The van der Waals surface area contributed by atoms with Gasteiger partial charge in [0.2, 0.25) is 5.95 Å². The summed E-state index contributed by atoms with van der Waals surface area (Å²) in [5, 5.41) is 5.33. The van der Waals surface area contributed by atoms with Gasteiger partial charge in [0.05, 0.1) is 16.4 Å². The Kier molecular flexibility index (Phi) is 4.92. The summed E-state index contributed by atoms with van der Waals surface area (Å²) in [7, 11) is 2.20. The van der Waals surface area contributed by atoms with Crippen molar-refractivity contribution in [2.24, 2.45) is 0 Å².